The van der Waals surface area contributed by atoms with Crippen LogP contribution in [0.5, 0.6) is 0 Å². The number of hydrogen-bond acceptors (Lipinski definition) is 4. The fourth-order valence-corrected chi connectivity index (χ4v) is 3.68. The summed E-state index contributed by atoms with van der Waals surface area (Å²) in [5.74, 6) is -1.78. The Hall–Kier alpha value is -1.59. The molecule has 6 nitrogen and oxygen atoms in total. The van der Waals surface area contributed by atoms with Crippen molar-refractivity contribution in [2.24, 2.45) is 17.8 Å². The van der Waals surface area contributed by atoms with Crippen LogP contribution >= 0.6 is 0 Å². The van der Waals surface area contributed by atoms with Crippen LogP contribution < -0.4 is 5.32 Å². The molecule has 1 rings (SSSR count). The summed E-state index contributed by atoms with van der Waals surface area (Å²) in [6.07, 6.45) is 6.61. The zero-order valence-electron chi connectivity index (χ0n) is 17.5. The van der Waals surface area contributed by atoms with Crippen LogP contribution in [0.25, 0.3) is 0 Å². The van der Waals surface area contributed by atoms with E-state index in [9.17, 15) is 19.5 Å². The number of carboxylic acids is 1. The number of aliphatic carboxylic acids is 1. The molecule has 1 unspecified atom stereocenters. The van der Waals surface area contributed by atoms with Gasteiger partial charge in [0.15, 0.2) is 0 Å². The Morgan fingerprint density at radius 3 is 2.19 bits per heavy atom. The van der Waals surface area contributed by atoms with Crippen LogP contribution in [0, 0.1) is 17.8 Å². The van der Waals surface area contributed by atoms with E-state index >= 15 is 0 Å². The molecular weight excluding hydrogens is 346 g/mol. The monoisotopic (exact) mass is 383 g/mol. The summed E-state index contributed by atoms with van der Waals surface area (Å²) in [6, 6.07) is -0.926. The Morgan fingerprint density at radius 1 is 1.11 bits per heavy atom. The molecule has 0 aromatic heterocycles. The summed E-state index contributed by atoms with van der Waals surface area (Å²) < 4.78 is 5.39. The molecule has 0 bridgehead atoms. The number of carbonyl (C=O) groups excluding carboxylic acids is 2. The topological polar surface area (TPSA) is 92.7 Å². The highest BCUT2D eigenvalue weighted by molar-refractivity contribution is 5.87. The van der Waals surface area contributed by atoms with Gasteiger partial charge in [0.25, 0.3) is 0 Å². The van der Waals surface area contributed by atoms with Crippen molar-refractivity contribution < 1.29 is 24.2 Å². The van der Waals surface area contributed by atoms with Crippen molar-refractivity contribution in [3.05, 3.63) is 0 Å². The SMILES string of the molecule is CC(C)C[C@H](NC(=O)C(CC(=O)OC(C)(C)C)CC1CCCCC1)C(=O)O. The quantitative estimate of drug-likeness (QED) is 0.589. The van der Waals surface area contributed by atoms with Gasteiger partial charge in [-0.25, -0.2) is 4.79 Å². The second-order valence-electron chi connectivity index (χ2n) is 9.26. The maximum Gasteiger partial charge on any atom is 0.326 e. The van der Waals surface area contributed by atoms with E-state index in [4.69, 9.17) is 4.74 Å². The lowest BCUT2D eigenvalue weighted by molar-refractivity contribution is -0.157. The van der Waals surface area contributed by atoms with Crippen molar-refractivity contribution in [1.29, 1.82) is 0 Å². The van der Waals surface area contributed by atoms with E-state index in [1.807, 2.05) is 13.8 Å². The summed E-state index contributed by atoms with van der Waals surface area (Å²) in [5, 5.41) is 12.1. The lowest BCUT2D eigenvalue weighted by Gasteiger charge is -2.28. The maximum atomic E-state index is 12.8. The molecule has 156 valence electrons. The third-order valence-corrected chi connectivity index (χ3v) is 4.87. The standard InChI is InChI=1S/C21H37NO5/c1-14(2)11-17(20(25)26)22-19(24)16(12-15-9-7-6-8-10-15)13-18(23)27-21(3,4)5/h14-17H,6-13H2,1-5H3,(H,22,24)(H,25,26)/t16?,17-/m0/s1. The highest BCUT2D eigenvalue weighted by Crippen LogP contribution is 2.31. The molecule has 1 aliphatic carbocycles. The van der Waals surface area contributed by atoms with Crippen LogP contribution in [0.1, 0.15) is 86.0 Å². The lowest BCUT2D eigenvalue weighted by Crippen LogP contribution is -2.45. The smallest absolute Gasteiger partial charge is 0.326 e. The van der Waals surface area contributed by atoms with E-state index in [-0.39, 0.29) is 18.2 Å². The van der Waals surface area contributed by atoms with Crippen LogP contribution in [0.3, 0.4) is 0 Å². The van der Waals surface area contributed by atoms with E-state index in [1.165, 1.54) is 6.42 Å². The Morgan fingerprint density at radius 2 is 1.70 bits per heavy atom. The number of carbonyl (C=O) groups is 3. The molecular formula is C21H37NO5. The third kappa shape index (κ3) is 9.78. The van der Waals surface area contributed by atoms with E-state index in [2.05, 4.69) is 5.32 Å². The van der Waals surface area contributed by atoms with Gasteiger partial charge in [-0.1, -0.05) is 46.0 Å². The molecule has 0 saturated heterocycles. The molecule has 2 N–H and O–H groups in total. The van der Waals surface area contributed by atoms with Gasteiger partial charge in [0.1, 0.15) is 11.6 Å². The maximum absolute atomic E-state index is 12.8. The summed E-state index contributed by atoms with van der Waals surface area (Å²) in [6.45, 7) is 9.23. The average molecular weight is 384 g/mol. The number of esters is 1. The Kier molecular flexibility index (Phi) is 9.27. The van der Waals surface area contributed by atoms with Gasteiger partial charge in [-0.2, -0.15) is 0 Å². The molecule has 6 heteroatoms. The van der Waals surface area contributed by atoms with Crippen LogP contribution in [0.15, 0.2) is 0 Å². The van der Waals surface area contributed by atoms with Crippen molar-refractivity contribution in [2.45, 2.75) is 97.6 Å². The molecule has 1 amide bonds. The fraction of sp³-hybridized carbons (Fsp3) is 0.857. The number of rotatable bonds is 9. The van der Waals surface area contributed by atoms with Gasteiger partial charge in [0.05, 0.1) is 6.42 Å². The highest BCUT2D eigenvalue weighted by Gasteiger charge is 2.31. The minimum Gasteiger partial charge on any atom is -0.480 e. The predicted octanol–water partition coefficient (Wildman–Crippen LogP) is 3.92. The molecule has 1 fully saturated rings. The molecule has 0 heterocycles. The van der Waals surface area contributed by atoms with Crippen LogP contribution in [-0.4, -0.2) is 34.6 Å². The van der Waals surface area contributed by atoms with Crippen molar-refractivity contribution in [1.82, 2.24) is 5.32 Å². The molecule has 0 spiro atoms. The van der Waals surface area contributed by atoms with Crippen LogP contribution in [-0.2, 0) is 19.1 Å². The number of hydrogen-bond donors (Lipinski definition) is 2. The predicted molar refractivity (Wildman–Crippen MR) is 104 cm³/mol. The average Bonchev–Trinajstić information content (AvgIpc) is 2.52. The van der Waals surface area contributed by atoms with Crippen molar-refractivity contribution in [3.8, 4) is 0 Å². The number of ether oxygens (including phenoxy) is 1. The first kappa shape index (κ1) is 23.4. The number of nitrogens with one attached hydrogen (secondary N) is 1. The molecule has 2 atom stereocenters. The van der Waals surface area contributed by atoms with Gasteiger partial charge >= 0.3 is 11.9 Å². The second kappa shape index (κ2) is 10.7. The van der Waals surface area contributed by atoms with Gasteiger partial charge in [-0.05, 0) is 45.4 Å². The van der Waals surface area contributed by atoms with Crippen molar-refractivity contribution >= 4 is 17.8 Å². The fourth-order valence-electron chi connectivity index (χ4n) is 3.68. The highest BCUT2D eigenvalue weighted by atomic mass is 16.6. The van der Waals surface area contributed by atoms with E-state index in [1.54, 1.807) is 20.8 Å². The molecule has 0 radical (unpaired) electrons. The molecule has 27 heavy (non-hydrogen) atoms. The summed E-state index contributed by atoms with van der Waals surface area (Å²) in [7, 11) is 0. The first-order valence-corrected chi connectivity index (χ1v) is 10.2. The van der Waals surface area contributed by atoms with Gasteiger partial charge in [-0.3, -0.25) is 9.59 Å². The van der Waals surface area contributed by atoms with Crippen molar-refractivity contribution in [2.75, 3.05) is 0 Å². The second-order valence-corrected chi connectivity index (χ2v) is 9.26. The zero-order chi connectivity index (χ0) is 20.6. The zero-order valence-corrected chi connectivity index (χ0v) is 17.5. The van der Waals surface area contributed by atoms with Gasteiger partial charge < -0.3 is 15.2 Å². The largest absolute Gasteiger partial charge is 0.480 e. The van der Waals surface area contributed by atoms with E-state index in [0.29, 0.717) is 18.8 Å². The van der Waals surface area contributed by atoms with E-state index < -0.39 is 29.5 Å². The first-order chi connectivity index (χ1) is 12.5. The Labute approximate surface area is 163 Å². The van der Waals surface area contributed by atoms with Gasteiger partial charge in [-0.15, -0.1) is 0 Å². The Balaban J connectivity index is 2.81. The van der Waals surface area contributed by atoms with Crippen LogP contribution in [0.4, 0.5) is 0 Å². The molecule has 0 aliphatic heterocycles. The third-order valence-electron chi connectivity index (χ3n) is 4.87. The van der Waals surface area contributed by atoms with Gasteiger partial charge in [0, 0.05) is 5.92 Å². The van der Waals surface area contributed by atoms with Crippen molar-refractivity contribution in [3.63, 3.8) is 0 Å². The lowest BCUT2D eigenvalue weighted by atomic mass is 9.81. The molecule has 1 saturated carbocycles. The first-order valence-electron chi connectivity index (χ1n) is 10.2. The number of amides is 1. The molecule has 0 aromatic rings. The van der Waals surface area contributed by atoms with E-state index in [0.717, 1.165) is 25.7 Å². The molecule has 0 aromatic carbocycles. The Bertz CT molecular complexity index is 503. The normalized spacial score (nSPS) is 18.0. The molecule has 1 aliphatic rings. The van der Waals surface area contributed by atoms with Gasteiger partial charge in [0.2, 0.25) is 5.91 Å². The summed E-state index contributed by atoms with van der Waals surface area (Å²) in [5.41, 5.74) is -0.607. The number of carboxylic acid groups (broad SMARTS) is 1. The van der Waals surface area contributed by atoms with Crippen LogP contribution in [0.2, 0.25) is 0 Å². The minimum absolute atomic E-state index is 0.00633. The summed E-state index contributed by atoms with van der Waals surface area (Å²) >= 11 is 0. The minimum atomic E-state index is -1.04. The summed E-state index contributed by atoms with van der Waals surface area (Å²) in [4.78, 5) is 36.6.